The van der Waals surface area contributed by atoms with Gasteiger partial charge in [0.1, 0.15) is 6.04 Å². The molecular weight excluding hydrogens is 180 g/mol. The van der Waals surface area contributed by atoms with E-state index < -0.39 is 5.97 Å². The van der Waals surface area contributed by atoms with Crippen LogP contribution in [0.4, 0.5) is 0 Å². The monoisotopic (exact) mass is 200 g/mol. The summed E-state index contributed by atoms with van der Waals surface area (Å²) in [6, 6.07) is 0.0196. The summed E-state index contributed by atoms with van der Waals surface area (Å²) in [6.07, 6.45) is 1.69. The van der Waals surface area contributed by atoms with E-state index in [9.17, 15) is 4.79 Å². The van der Waals surface area contributed by atoms with Gasteiger partial charge in [0.2, 0.25) is 0 Å². The van der Waals surface area contributed by atoms with Crippen molar-refractivity contribution in [2.45, 2.75) is 38.8 Å². The van der Waals surface area contributed by atoms with Gasteiger partial charge in [0.05, 0.1) is 0 Å². The van der Waals surface area contributed by atoms with E-state index in [0.717, 1.165) is 13.0 Å². The van der Waals surface area contributed by atoms with Crippen molar-refractivity contribution in [3.8, 4) is 0 Å². The van der Waals surface area contributed by atoms with Gasteiger partial charge in [-0.3, -0.25) is 9.69 Å². The first-order valence-corrected chi connectivity index (χ1v) is 5.28. The number of carboxylic acids is 1. The summed E-state index contributed by atoms with van der Waals surface area (Å²) in [7, 11) is 0. The summed E-state index contributed by atoms with van der Waals surface area (Å²) in [5.74, 6) is -0.240. The van der Waals surface area contributed by atoms with Gasteiger partial charge in [0.25, 0.3) is 0 Å². The molecule has 0 bridgehead atoms. The van der Waals surface area contributed by atoms with Crippen molar-refractivity contribution < 1.29 is 9.90 Å². The summed E-state index contributed by atoms with van der Waals surface area (Å²) >= 11 is 0. The molecule has 0 aliphatic carbocycles. The largest absolute Gasteiger partial charge is 0.480 e. The van der Waals surface area contributed by atoms with Crippen LogP contribution in [0.15, 0.2) is 0 Å². The minimum absolute atomic E-state index is 0.332. The van der Waals surface area contributed by atoms with Crippen molar-refractivity contribution >= 4 is 5.97 Å². The lowest BCUT2D eigenvalue weighted by atomic mass is 10.1. The molecule has 3 N–H and O–H groups in total. The first-order chi connectivity index (χ1) is 6.60. The number of hydrogen-bond acceptors (Lipinski definition) is 3. The van der Waals surface area contributed by atoms with E-state index in [-0.39, 0.29) is 6.04 Å². The van der Waals surface area contributed by atoms with E-state index in [4.69, 9.17) is 10.8 Å². The second-order valence-electron chi connectivity index (χ2n) is 4.15. The van der Waals surface area contributed by atoms with E-state index in [0.29, 0.717) is 24.9 Å². The molecule has 1 heterocycles. The third-order valence-electron chi connectivity index (χ3n) is 3.12. The molecule has 4 heteroatoms. The Morgan fingerprint density at radius 1 is 1.71 bits per heavy atom. The molecule has 1 aliphatic rings. The number of nitrogens with two attached hydrogens (primary N) is 1. The summed E-state index contributed by atoms with van der Waals surface area (Å²) in [4.78, 5) is 13.1. The minimum atomic E-state index is -0.711. The number of nitrogens with zero attached hydrogens (tertiary/aromatic N) is 1. The van der Waals surface area contributed by atoms with Crippen LogP contribution in [-0.4, -0.2) is 41.1 Å². The summed E-state index contributed by atoms with van der Waals surface area (Å²) < 4.78 is 0. The molecule has 14 heavy (non-hydrogen) atoms. The topological polar surface area (TPSA) is 66.6 Å². The molecule has 0 aromatic rings. The molecule has 1 fully saturated rings. The van der Waals surface area contributed by atoms with Crippen LogP contribution in [0.25, 0.3) is 0 Å². The van der Waals surface area contributed by atoms with Crippen LogP contribution < -0.4 is 5.73 Å². The average Bonchev–Trinajstić information content (AvgIpc) is 2.48. The molecule has 82 valence electrons. The summed E-state index contributed by atoms with van der Waals surface area (Å²) in [6.45, 7) is 5.50. The van der Waals surface area contributed by atoms with Crippen molar-refractivity contribution in [1.29, 1.82) is 0 Å². The fraction of sp³-hybridized carbons (Fsp3) is 0.900. The molecule has 1 rings (SSSR count). The van der Waals surface area contributed by atoms with Crippen molar-refractivity contribution in [3.05, 3.63) is 0 Å². The van der Waals surface area contributed by atoms with E-state index >= 15 is 0 Å². The van der Waals surface area contributed by atoms with Gasteiger partial charge < -0.3 is 10.8 Å². The number of rotatable bonds is 4. The Morgan fingerprint density at radius 2 is 2.36 bits per heavy atom. The maximum atomic E-state index is 11.0. The lowest BCUT2D eigenvalue weighted by molar-refractivity contribution is -0.143. The second-order valence-corrected chi connectivity index (χ2v) is 4.15. The number of carboxylic acid groups (broad SMARTS) is 1. The number of aliphatic carboxylic acids is 1. The Labute approximate surface area is 85.1 Å². The zero-order valence-corrected chi connectivity index (χ0v) is 8.94. The SMILES string of the molecule is CCC(C(=O)O)N1CC(CN)CC1C. The molecule has 0 aromatic carbocycles. The van der Waals surface area contributed by atoms with Crippen molar-refractivity contribution in [3.63, 3.8) is 0 Å². The van der Waals surface area contributed by atoms with Crippen LogP contribution in [0.5, 0.6) is 0 Å². The van der Waals surface area contributed by atoms with Crippen LogP contribution in [0.3, 0.4) is 0 Å². The highest BCUT2D eigenvalue weighted by molar-refractivity contribution is 5.73. The van der Waals surface area contributed by atoms with Gasteiger partial charge >= 0.3 is 5.97 Å². The predicted molar refractivity (Wildman–Crippen MR) is 55.0 cm³/mol. The summed E-state index contributed by atoms with van der Waals surface area (Å²) in [5, 5.41) is 9.04. The zero-order chi connectivity index (χ0) is 10.7. The average molecular weight is 200 g/mol. The molecule has 0 spiro atoms. The molecule has 0 saturated carbocycles. The van der Waals surface area contributed by atoms with Crippen LogP contribution in [0.1, 0.15) is 26.7 Å². The molecule has 1 saturated heterocycles. The molecular formula is C10H20N2O2. The van der Waals surface area contributed by atoms with Crippen LogP contribution in [-0.2, 0) is 4.79 Å². The van der Waals surface area contributed by atoms with Gasteiger partial charge in [-0.15, -0.1) is 0 Å². The third kappa shape index (κ3) is 2.25. The Balaban J connectivity index is 2.63. The maximum absolute atomic E-state index is 11.0. The zero-order valence-electron chi connectivity index (χ0n) is 8.94. The molecule has 0 aromatic heterocycles. The Hall–Kier alpha value is -0.610. The molecule has 0 amide bonds. The Morgan fingerprint density at radius 3 is 2.71 bits per heavy atom. The molecule has 4 nitrogen and oxygen atoms in total. The molecule has 1 aliphatic heterocycles. The van der Waals surface area contributed by atoms with Gasteiger partial charge in [-0.25, -0.2) is 0 Å². The van der Waals surface area contributed by atoms with E-state index in [1.54, 1.807) is 0 Å². The van der Waals surface area contributed by atoms with Gasteiger partial charge in [-0.2, -0.15) is 0 Å². The van der Waals surface area contributed by atoms with Crippen LogP contribution >= 0.6 is 0 Å². The van der Waals surface area contributed by atoms with E-state index in [1.165, 1.54) is 0 Å². The van der Waals surface area contributed by atoms with Gasteiger partial charge in [0.15, 0.2) is 0 Å². The molecule has 3 atom stereocenters. The quantitative estimate of drug-likeness (QED) is 0.694. The van der Waals surface area contributed by atoms with Crippen molar-refractivity contribution in [1.82, 2.24) is 4.90 Å². The third-order valence-corrected chi connectivity index (χ3v) is 3.12. The molecule has 3 unspecified atom stereocenters. The van der Waals surface area contributed by atoms with Gasteiger partial charge in [-0.1, -0.05) is 6.92 Å². The normalized spacial score (nSPS) is 30.5. The lowest BCUT2D eigenvalue weighted by Crippen LogP contribution is -2.43. The van der Waals surface area contributed by atoms with Crippen molar-refractivity contribution in [2.75, 3.05) is 13.1 Å². The minimum Gasteiger partial charge on any atom is -0.480 e. The second kappa shape index (κ2) is 4.75. The fourth-order valence-electron chi connectivity index (χ4n) is 2.33. The first kappa shape index (κ1) is 11.5. The maximum Gasteiger partial charge on any atom is 0.320 e. The summed E-state index contributed by atoms with van der Waals surface area (Å²) in [5.41, 5.74) is 5.60. The van der Waals surface area contributed by atoms with Crippen molar-refractivity contribution in [2.24, 2.45) is 11.7 Å². The highest BCUT2D eigenvalue weighted by atomic mass is 16.4. The molecule has 0 radical (unpaired) electrons. The standard InChI is InChI=1S/C10H20N2O2/c1-3-9(10(13)14)12-6-8(5-11)4-7(12)2/h7-9H,3-6,11H2,1-2H3,(H,13,14). The Kier molecular flexibility index (Phi) is 3.89. The highest BCUT2D eigenvalue weighted by Crippen LogP contribution is 2.25. The smallest absolute Gasteiger partial charge is 0.320 e. The van der Waals surface area contributed by atoms with Crippen LogP contribution in [0.2, 0.25) is 0 Å². The lowest BCUT2D eigenvalue weighted by Gasteiger charge is -2.27. The van der Waals surface area contributed by atoms with Gasteiger partial charge in [0, 0.05) is 12.6 Å². The number of carbonyl (C=O) groups is 1. The van der Waals surface area contributed by atoms with Gasteiger partial charge in [-0.05, 0) is 32.2 Å². The number of hydrogen-bond donors (Lipinski definition) is 2. The number of likely N-dealkylation sites (tertiary alicyclic amines) is 1. The van der Waals surface area contributed by atoms with Crippen LogP contribution in [0, 0.1) is 5.92 Å². The fourth-order valence-corrected chi connectivity index (χ4v) is 2.33. The predicted octanol–water partition coefficient (Wildman–Crippen LogP) is 0.519. The Bertz CT molecular complexity index is 208. The van der Waals surface area contributed by atoms with E-state index in [1.807, 2.05) is 6.92 Å². The first-order valence-electron chi connectivity index (χ1n) is 5.28. The van der Waals surface area contributed by atoms with E-state index in [2.05, 4.69) is 11.8 Å². The highest BCUT2D eigenvalue weighted by Gasteiger charge is 2.35.